The first-order chi connectivity index (χ1) is 42.0. The van der Waals surface area contributed by atoms with Crippen LogP contribution in [0.5, 0.6) is 5.75 Å². The summed E-state index contributed by atoms with van der Waals surface area (Å²) in [5, 5.41) is 19.1. The Labute approximate surface area is 525 Å². The van der Waals surface area contributed by atoms with E-state index in [9.17, 15) is 9.90 Å². The predicted molar refractivity (Wildman–Crippen MR) is 354 cm³/mol. The van der Waals surface area contributed by atoms with Crippen LogP contribution in [0.15, 0.2) is 132 Å². The molecule has 2 saturated heterocycles. The Bertz CT molecular complexity index is 3500. The maximum absolute atomic E-state index is 15.6. The zero-order chi connectivity index (χ0) is 61.3. The van der Waals surface area contributed by atoms with Gasteiger partial charge in [0.05, 0.1) is 30.2 Å². The number of amides is 3. The number of unbranched alkanes of at least 4 members (excludes halogenated alkanes) is 6. The molecule has 0 aliphatic carbocycles. The molecule has 0 radical (unpaired) electrons. The number of amidine groups is 1. The highest BCUT2D eigenvalue weighted by Crippen LogP contribution is 2.54. The van der Waals surface area contributed by atoms with Gasteiger partial charge < -0.3 is 25.0 Å². The number of aryl methyl sites for hydroxylation is 2. The number of urea groups is 1. The molecule has 2 atom stereocenters. The Morgan fingerprint density at radius 2 is 1.33 bits per heavy atom. The summed E-state index contributed by atoms with van der Waals surface area (Å²) < 4.78 is 8.44. The molecule has 3 aliphatic rings. The Morgan fingerprint density at radius 1 is 0.701 bits per heavy atom. The van der Waals surface area contributed by atoms with Crippen molar-refractivity contribution >= 4 is 52.4 Å². The fourth-order valence-corrected chi connectivity index (χ4v) is 13.1. The summed E-state index contributed by atoms with van der Waals surface area (Å²) in [5.41, 5.74) is 8.95. The van der Waals surface area contributed by atoms with E-state index in [-0.39, 0.29) is 24.0 Å². The fourth-order valence-electron chi connectivity index (χ4n) is 12.9. The largest absolute Gasteiger partial charge is 0.493 e. The van der Waals surface area contributed by atoms with E-state index in [2.05, 4.69) is 134 Å². The van der Waals surface area contributed by atoms with Crippen LogP contribution in [0, 0.1) is 6.92 Å². The third kappa shape index (κ3) is 14.2. The van der Waals surface area contributed by atoms with E-state index in [1.165, 1.54) is 24.8 Å². The van der Waals surface area contributed by atoms with Crippen molar-refractivity contribution in [2.75, 3.05) is 90.1 Å². The number of aromatic nitrogens is 3. The third-order valence-electron chi connectivity index (χ3n) is 18.2. The van der Waals surface area contributed by atoms with E-state index < -0.39 is 11.1 Å². The number of benzene rings is 5. The van der Waals surface area contributed by atoms with Crippen molar-refractivity contribution in [2.45, 2.75) is 123 Å². The molecule has 87 heavy (non-hydrogen) atoms. The molecule has 2 fully saturated rings. The Morgan fingerprint density at radius 3 is 2.00 bits per heavy atom. The van der Waals surface area contributed by atoms with Crippen molar-refractivity contribution in [3.8, 4) is 28.1 Å². The minimum absolute atomic E-state index is 0.0671. The van der Waals surface area contributed by atoms with Crippen molar-refractivity contribution in [1.29, 1.82) is 0 Å². The average Bonchev–Trinajstić information content (AvgIpc) is 1.57. The molecule has 0 saturated carbocycles. The molecule has 2 aromatic heterocycles. The van der Waals surface area contributed by atoms with Gasteiger partial charge in [-0.1, -0.05) is 161 Å². The molecule has 0 bridgehead atoms. The number of nitrogens with one attached hydrogen (secondary N) is 1. The second-order valence-corrected chi connectivity index (χ2v) is 25.9. The molecule has 0 spiro atoms. The zero-order valence-electron chi connectivity index (χ0n) is 52.1. The maximum Gasteiger partial charge on any atom is 0.326 e. The normalized spacial score (nSPS) is 18.6. The van der Waals surface area contributed by atoms with Crippen molar-refractivity contribution < 1.29 is 19.4 Å². The maximum atomic E-state index is 15.6. The molecule has 16 heteroatoms. The molecule has 0 unspecified atom stereocenters. The number of β-amino-alcohol motifs (C(OH)–C–C–N with tert-alkyl or cyclic N) is 1. The second kappa shape index (κ2) is 28.1. The van der Waals surface area contributed by atoms with Crippen LogP contribution in [0.3, 0.4) is 0 Å². The first-order valence-electron chi connectivity index (χ1n) is 31.6. The average molecular weight is 1220 g/mol. The van der Waals surface area contributed by atoms with Gasteiger partial charge >= 0.3 is 6.03 Å². The number of carbonyl (C=O) groups excluding carboxylic acids is 2. The lowest BCUT2D eigenvalue weighted by Gasteiger charge is -2.47. The topological polar surface area (TPSA) is 134 Å². The molecular formula is C71H88Cl2N10O4. The standard InChI is InChI=1S/C71H88Cl2N10O4/c1-8-87-62-49-57(69(3,4)5)29-34-60(62)66-76-70(6,55-25-30-58(72)31-26-55)71(7,56-27-32-59(73)33-28-56)82(66)68(86)81-44-40-78(41-45-81)37-35-63(85)74-36-18-13-11-9-10-12-15-20-52-21-19-24-54(48-52)65-51(2)77-83-64(80-42-38-79(39-43-80)46-47-84)50-61(75-67(65)83)53-22-16-14-17-23-53/h14,16-17,19,21-34,48-50,84H,8-13,15,18,20,35-47H2,1-7H3,(H,74,85)/t70-,71+/m0/s1. The first kappa shape index (κ1) is 63.2. The van der Waals surface area contributed by atoms with E-state index in [4.69, 9.17) is 43.0 Å². The summed E-state index contributed by atoms with van der Waals surface area (Å²) in [6, 6.07) is 43.2. The summed E-state index contributed by atoms with van der Waals surface area (Å²) >= 11 is 13.0. The van der Waals surface area contributed by atoms with E-state index in [0.29, 0.717) is 80.5 Å². The van der Waals surface area contributed by atoms with Gasteiger partial charge in [0.15, 0.2) is 5.65 Å². The number of carbonyl (C=O) groups is 2. The monoisotopic (exact) mass is 1210 g/mol. The van der Waals surface area contributed by atoms with Crippen LogP contribution in [0.25, 0.3) is 28.0 Å². The molecule has 7 aromatic rings. The van der Waals surface area contributed by atoms with Crippen molar-refractivity contribution in [2.24, 2.45) is 4.99 Å². The summed E-state index contributed by atoms with van der Waals surface area (Å²) in [5.74, 6) is 2.33. The zero-order valence-corrected chi connectivity index (χ0v) is 53.6. The van der Waals surface area contributed by atoms with Gasteiger partial charge in [0.25, 0.3) is 0 Å². The summed E-state index contributed by atoms with van der Waals surface area (Å²) in [6.07, 6.45) is 9.33. The number of aliphatic imine (C=N–C) groups is 1. The van der Waals surface area contributed by atoms with Crippen LogP contribution >= 0.6 is 23.2 Å². The van der Waals surface area contributed by atoms with Crippen LogP contribution in [-0.2, 0) is 27.7 Å². The van der Waals surface area contributed by atoms with Crippen LogP contribution in [0.4, 0.5) is 10.6 Å². The smallest absolute Gasteiger partial charge is 0.326 e. The van der Waals surface area contributed by atoms with Gasteiger partial charge in [-0.25, -0.2) is 9.78 Å². The molecule has 2 N–H and O–H groups in total. The second-order valence-electron chi connectivity index (χ2n) is 25.1. The molecule has 5 heterocycles. The number of hydrogen-bond donors (Lipinski definition) is 2. The molecule has 10 rings (SSSR count). The minimum Gasteiger partial charge on any atom is -0.493 e. The quantitative estimate of drug-likeness (QED) is 0.0600. The fraction of sp³-hybridized carbons (Fsp3) is 0.451. The lowest BCUT2D eigenvalue weighted by atomic mass is 9.71. The SMILES string of the molecule is CCOc1cc(C(C)(C)C)ccc1C1=N[C@@](C)(c2ccc(Cl)cc2)[C@@](C)(c2ccc(Cl)cc2)N1C(=O)N1CCN(CCC(=O)NCCCCCCCCCc2cccc(-c3c(C)nn4c(N5CCN(CCO)CC5)cc(-c5ccccc5)nc34)c2)CC1. The van der Waals surface area contributed by atoms with Crippen molar-refractivity contribution in [3.05, 3.63) is 171 Å². The molecular weight excluding hydrogens is 1130 g/mol. The third-order valence-corrected chi connectivity index (χ3v) is 18.7. The minimum atomic E-state index is -1.02. The number of ether oxygens (including phenoxy) is 1. The number of anilines is 1. The first-order valence-corrected chi connectivity index (χ1v) is 32.4. The highest BCUT2D eigenvalue weighted by molar-refractivity contribution is 6.30. The van der Waals surface area contributed by atoms with E-state index >= 15 is 4.79 Å². The Kier molecular flexibility index (Phi) is 20.4. The molecule has 3 aliphatic heterocycles. The van der Waals surface area contributed by atoms with Gasteiger partial charge in [0, 0.05) is 106 Å². The van der Waals surface area contributed by atoms with Crippen LogP contribution in [-0.4, -0.2) is 142 Å². The number of rotatable bonds is 23. The van der Waals surface area contributed by atoms with Crippen LogP contribution in [0.1, 0.15) is 126 Å². The van der Waals surface area contributed by atoms with Crippen LogP contribution in [0.2, 0.25) is 10.0 Å². The van der Waals surface area contributed by atoms with Gasteiger partial charge in [-0.05, 0) is 117 Å². The number of hydrogen-bond acceptors (Lipinski definition) is 10. The van der Waals surface area contributed by atoms with Gasteiger partial charge in [-0.3, -0.25) is 24.5 Å². The number of aliphatic hydroxyl groups is 1. The number of piperazine rings is 2. The number of aliphatic hydroxyl groups excluding tert-OH is 1. The summed E-state index contributed by atoms with van der Waals surface area (Å²) in [4.78, 5) is 50.5. The van der Waals surface area contributed by atoms with Crippen molar-refractivity contribution in [1.82, 2.24) is 39.5 Å². The van der Waals surface area contributed by atoms with Crippen molar-refractivity contribution in [3.63, 3.8) is 0 Å². The van der Waals surface area contributed by atoms with Gasteiger partial charge in [0.1, 0.15) is 28.5 Å². The Balaban J connectivity index is 0.687. The highest BCUT2D eigenvalue weighted by atomic mass is 35.5. The summed E-state index contributed by atoms with van der Waals surface area (Å²) in [6.45, 7) is 23.2. The van der Waals surface area contributed by atoms with Gasteiger partial charge in [-0.15, -0.1) is 0 Å². The van der Waals surface area contributed by atoms with Crippen LogP contribution < -0.4 is 15.0 Å². The van der Waals surface area contributed by atoms with Gasteiger partial charge in [0.2, 0.25) is 5.91 Å². The molecule has 460 valence electrons. The number of fused-ring (bicyclic) bond motifs is 1. The number of halogens is 2. The van der Waals surface area contributed by atoms with E-state index in [1.807, 2.05) is 75.8 Å². The molecule has 3 amide bonds. The predicted octanol–water partition coefficient (Wildman–Crippen LogP) is 13.6. The lowest BCUT2D eigenvalue weighted by molar-refractivity contribution is -0.121. The molecule has 5 aromatic carbocycles. The van der Waals surface area contributed by atoms with E-state index in [0.717, 1.165) is 120 Å². The summed E-state index contributed by atoms with van der Waals surface area (Å²) in [7, 11) is 0. The van der Waals surface area contributed by atoms with Gasteiger partial charge in [-0.2, -0.15) is 9.61 Å². The van der Waals surface area contributed by atoms with E-state index in [1.54, 1.807) is 0 Å². The lowest BCUT2D eigenvalue weighted by Crippen LogP contribution is -2.60. The molecule has 14 nitrogen and oxygen atoms in total. The number of nitrogens with zero attached hydrogens (tertiary/aromatic N) is 9. The highest BCUT2D eigenvalue weighted by Gasteiger charge is 2.60. The Hall–Kier alpha value is -6.81.